The Bertz CT molecular complexity index is 1690. The van der Waals surface area contributed by atoms with Crippen LogP contribution in [0.25, 0.3) is 49.6 Å². The lowest BCUT2D eigenvalue weighted by Gasteiger charge is -2.01. The number of imidazole rings is 1. The van der Waals surface area contributed by atoms with Crippen LogP contribution in [-0.4, -0.2) is 9.55 Å². The maximum absolute atomic E-state index is 5.96. The van der Waals surface area contributed by atoms with Crippen LogP contribution in [0.15, 0.2) is 117 Å². The predicted molar refractivity (Wildman–Crippen MR) is 132 cm³/mol. The third-order valence-electron chi connectivity index (χ3n) is 5.52. The summed E-state index contributed by atoms with van der Waals surface area (Å²) in [7, 11) is 0. The first-order valence-corrected chi connectivity index (χ1v) is 11.0. The van der Waals surface area contributed by atoms with Gasteiger partial charge in [0.15, 0.2) is 5.58 Å². The monoisotopic (exact) mass is 480 g/mol. The second-order valence-corrected chi connectivity index (χ2v) is 8.29. The van der Waals surface area contributed by atoms with E-state index < -0.39 is 0 Å². The molecular weight excluding hydrogens is 464 g/mol. The van der Waals surface area contributed by atoms with Crippen LogP contribution in [0.2, 0.25) is 0 Å². The molecule has 0 atom stereocenters. The smallest absolute Gasteiger partial charge is 0.159 e. The SMILES string of the molecule is Brc1cccc2c1oc1ccccc12.c1ccc2c(c1)oc1c(-n3ccnc3)cccc12. The van der Waals surface area contributed by atoms with E-state index in [2.05, 4.69) is 45.2 Å². The molecule has 32 heavy (non-hydrogen) atoms. The van der Waals surface area contributed by atoms with E-state index in [0.717, 1.165) is 48.7 Å². The van der Waals surface area contributed by atoms with Crippen molar-refractivity contribution < 1.29 is 8.83 Å². The average Bonchev–Trinajstić information content (AvgIpc) is 3.57. The molecule has 0 amide bonds. The van der Waals surface area contributed by atoms with Gasteiger partial charge >= 0.3 is 0 Å². The van der Waals surface area contributed by atoms with Crippen LogP contribution in [0.3, 0.4) is 0 Å². The first-order chi connectivity index (χ1) is 15.8. The van der Waals surface area contributed by atoms with Crippen molar-refractivity contribution in [3.8, 4) is 5.69 Å². The lowest BCUT2D eigenvalue weighted by molar-refractivity contribution is 0.665. The van der Waals surface area contributed by atoms with Crippen LogP contribution < -0.4 is 0 Å². The molecule has 154 valence electrons. The molecule has 7 aromatic rings. The van der Waals surface area contributed by atoms with Gasteiger partial charge in [-0.05, 0) is 40.2 Å². The third kappa shape index (κ3) is 3.10. The Hall–Kier alpha value is -3.83. The molecule has 0 spiro atoms. The van der Waals surface area contributed by atoms with Gasteiger partial charge in [-0.1, -0.05) is 60.7 Å². The van der Waals surface area contributed by atoms with E-state index in [-0.39, 0.29) is 0 Å². The molecule has 0 radical (unpaired) electrons. The van der Waals surface area contributed by atoms with Crippen molar-refractivity contribution in [2.45, 2.75) is 0 Å². The van der Waals surface area contributed by atoms with Crippen LogP contribution in [0.4, 0.5) is 0 Å². The Balaban J connectivity index is 0.000000126. The molecule has 0 aliphatic heterocycles. The van der Waals surface area contributed by atoms with Crippen LogP contribution in [-0.2, 0) is 0 Å². The molecule has 0 unspecified atom stereocenters. The van der Waals surface area contributed by atoms with Gasteiger partial charge in [-0.15, -0.1) is 0 Å². The zero-order valence-corrected chi connectivity index (χ0v) is 18.5. The highest BCUT2D eigenvalue weighted by molar-refractivity contribution is 9.10. The third-order valence-corrected chi connectivity index (χ3v) is 6.15. The number of fused-ring (bicyclic) bond motifs is 6. The molecule has 3 heterocycles. The van der Waals surface area contributed by atoms with Crippen molar-refractivity contribution in [2.75, 3.05) is 0 Å². The lowest BCUT2D eigenvalue weighted by atomic mass is 10.1. The van der Waals surface area contributed by atoms with Gasteiger partial charge in [-0.3, -0.25) is 0 Å². The first kappa shape index (κ1) is 18.9. The largest absolute Gasteiger partial charge is 0.455 e. The Morgan fingerprint density at radius 2 is 1.22 bits per heavy atom. The van der Waals surface area contributed by atoms with Crippen molar-refractivity contribution >= 4 is 59.8 Å². The molecule has 0 bridgehead atoms. The minimum atomic E-state index is 0.900. The molecule has 0 saturated carbocycles. The van der Waals surface area contributed by atoms with Crippen LogP contribution in [0, 0.1) is 0 Å². The number of hydrogen-bond acceptors (Lipinski definition) is 3. The summed E-state index contributed by atoms with van der Waals surface area (Å²) in [6, 6.07) is 28.4. The van der Waals surface area contributed by atoms with E-state index in [4.69, 9.17) is 8.83 Å². The van der Waals surface area contributed by atoms with E-state index in [1.807, 2.05) is 71.4 Å². The standard InChI is InChI=1S/C15H10N2O.C12H7BrO/c1-2-7-14-11(4-1)12-5-3-6-13(15(12)18-14)17-9-8-16-10-17;13-10-6-3-5-9-8-4-1-2-7-11(8)14-12(9)10/h1-10H;1-7H. The van der Waals surface area contributed by atoms with Crippen molar-refractivity contribution in [2.24, 2.45) is 0 Å². The fourth-order valence-corrected chi connectivity index (χ4v) is 4.50. The van der Waals surface area contributed by atoms with E-state index in [0.29, 0.717) is 0 Å². The number of furan rings is 2. The number of hydrogen-bond donors (Lipinski definition) is 0. The minimum Gasteiger partial charge on any atom is -0.455 e. The topological polar surface area (TPSA) is 44.1 Å². The lowest BCUT2D eigenvalue weighted by Crippen LogP contribution is -1.89. The van der Waals surface area contributed by atoms with Crippen LogP contribution in [0.5, 0.6) is 0 Å². The van der Waals surface area contributed by atoms with Crippen LogP contribution >= 0.6 is 15.9 Å². The number of nitrogens with zero attached hydrogens (tertiary/aromatic N) is 2. The highest BCUT2D eigenvalue weighted by Gasteiger charge is 2.11. The van der Waals surface area contributed by atoms with Crippen molar-refractivity contribution in [1.29, 1.82) is 0 Å². The zero-order chi connectivity index (χ0) is 21.5. The molecule has 7 rings (SSSR count). The summed E-state index contributed by atoms with van der Waals surface area (Å²) in [6.45, 7) is 0. The number of rotatable bonds is 1. The van der Waals surface area contributed by atoms with Crippen molar-refractivity contribution in [1.82, 2.24) is 9.55 Å². The number of benzene rings is 4. The van der Waals surface area contributed by atoms with Gasteiger partial charge in [0.1, 0.15) is 16.7 Å². The minimum absolute atomic E-state index is 0.900. The summed E-state index contributed by atoms with van der Waals surface area (Å²) < 4.78 is 14.7. The number of halogens is 1. The van der Waals surface area contributed by atoms with Gasteiger partial charge in [-0.2, -0.15) is 0 Å². The quantitative estimate of drug-likeness (QED) is 0.238. The van der Waals surface area contributed by atoms with E-state index in [9.17, 15) is 0 Å². The maximum atomic E-state index is 5.96. The highest BCUT2D eigenvalue weighted by atomic mass is 79.9. The Morgan fingerprint density at radius 3 is 1.91 bits per heavy atom. The summed E-state index contributed by atoms with van der Waals surface area (Å²) in [5.41, 5.74) is 4.70. The summed E-state index contributed by atoms with van der Waals surface area (Å²) >= 11 is 3.48. The molecule has 0 aliphatic rings. The molecule has 0 saturated heterocycles. The summed E-state index contributed by atoms with van der Waals surface area (Å²) in [4.78, 5) is 4.08. The van der Waals surface area contributed by atoms with Crippen molar-refractivity contribution in [3.05, 3.63) is 108 Å². The Morgan fingerprint density at radius 1 is 0.625 bits per heavy atom. The van der Waals surface area contributed by atoms with Crippen molar-refractivity contribution in [3.63, 3.8) is 0 Å². The molecule has 3 aromatic heterocycles. The molecule has 0 aliphatic carbocycles. The number of para-hydroxylation sites is 4. The maximum Gasteiger partial charge on any atom is 0.159 e. The predicted octanol–water partition coefficient (Wildman–Crippen LogP) is 8.12. The van der Waals surface area contributed by atoms with Gasteiger partial charge in [0.05, 0.1) is 16.5 Å². The molecule has 0 fully saturated rings. The van der Waals surface area contributed by atoms with Gasteiger partial charge in [0, 0.05) is 33.9 Å². The fraction of sp³-hybridized carbons (Fsp3) is 0. The summed E-state index contributed by atoms with van der Waals surface area (Å²) in [5.74, 6) is 0. The zero-order valence-electron chi connectivity index (χ0n) is 16.9. The summed E-state index contributed by atoms with van der Waals surface area (Å²) in [5, 5.41) is 4.62. The Labute approximate surface area is 191 Å². The van der Waals surface area contributed by atoms with E-state index in [1.54, 1.807) is 12.5 Å². The van der Waals surface area contributed by atoms with Gasteiger partial charge < -0.3 is 13.4 Å². The summed E-state index contributed by atoms with van der Waals surface area (Å²) in [6.07, 6.45) is 5.46. The van der Waals surface area contributed by atoms with Gasteiger partial charge in [0.2, 0.25) is 0 Å². The van der Waals surface area contributed by atoms with Gasteiger partial charge in [-0.25, -0.2) is 4.98 Å². The Kier molecular flexibility index (Phi) is 4.55. The van der Waals surface area contributed by atoms with E-state index in [1.165, 1.54) is 5.39 Å². The molecule has 0 N–H and O–H groups in total. The second kappa shape index (κ2) is 7.70. The molecular formula is C27H17BrN2O2. The normalized spacial score (nSPS) is 11.3. The first-order valence-electron chi connectivity index (χ1n) is 10.2. The van der Waals surface area contributed by atoms with Crippen LogP contribution in [0.1, 0.15) is 0 Å². The molecule has 5 heteroatoms. The molecule has 4 aromatic carbocycles. The van der Waals surface area contributed by atoms with Gasteiger partial charge in [0.25, 0.3) is 0 Å². The second-order valence-electron chi connectivity index (χ2n) is 7.44. The van der Waals surface area contributed by atoms with E-state index >= 15 is 0 Å². The molecule has 4 nitrogen and oxygen atoms in total. The fourth-order valence-electron chi connectivity index (χ4n) is 4.05. The average molecular weight is 481 g/mol. The number of aromatic nitrogens is 2. The highest BCUT2D eigenvalue weighted by Crippen LogP contribution is 2.33.